The third-order valence-electron chi connectivity index (χ3n) is 2.97. The van der Waals surface area contributed by atoms with E-state index >= 15 is 0 Å². The first-order chi connectivity index (χ1) is 8.70. The van der Waals surface area contributed by atoms with E-state index in [1.165, 1.54) is 19.3 Å². The Morgan fingerprint density at radius 2 is 1.89 bits per heavy atom. The molecule has 0 aromatic rings. The smallest absolute Gasteiger partial charge is 0.0487 e. The Morgan fingerprint density at radius 3 is 2.50 bits per heavy atom. The summed E-state index contributed by atoms with van der Waals surface area (Å²) in [4.78, 5) is 0. The maximum absolute atomic E-state index is 5.65. The SMILES string of the molecule is CCCNCC(CCOCCCOC)CC(C)C. The number of hydrogen-bond donors (Lipinski definition) is 1. The molecule has 0 aliphatic heterocycles. The van der Waals surface area contributed by atoms with Gasteiger partial charge in [0.05, 0.1) is 0 Å². The Labute approximate surface area is 114 Å². The van der Waals surface area contributed by atoms with Crippen LogP contribution in [0.25, 0.3) is 0 Å². The maximum Gasteiger partial charge on any atom is 0.0487 e. The van der Waals surface area contributed by atoms with Gasteiger partial charge in [-0.3, -0.25) is 0 Å². The normalized spacial score (nSPS) is 13.2. The summed E-state index contributed by atoms with van der Waals surface area (Å²) in [5.74, 6) is 1.52. The zero-order valence-corrected chi connectivity index (χ0v) is 12.8. The fourth-order valence-electron chi connectivity index (χ4n) is 2.11. The highest BCUT2D eigenvalue weighted by molar-refractivity contribution is 4.64. The van der Waals surface area contributed by atoms with Crippen molar-refractivity contribution in [1.29, 1.82) is 0 Å². The molecule has 0 saturated heterocycles. The third-order valence-corrected chi connectivity index (χ3v) is 2.97. The van der Waals surface area contributed by atoms with E-state index in [1.807, 2.05) is 0 Å². The Morgan fingerprint density at radius 1 is 1.11 bits per heavy atom. The van der Waals surface area contributed by atoms with Gasteiger partial charge in [-0.05, 0) is 50.6 Å². The second-order valence-electron chi connectivity index (χ2n) is 5.45. The van der Waals surface area contributed by atoms with Gasteiger partial charge in [0.25, 0.3) is 0 Å². The highest BCUT2D eigenvalue weighted by Gasteiger charge is 2.10. The van der Waals surface area contributed by atoms with Crippen molar-refractivity contribution in [3.05, 3.63) is 0 Å². The van der Waals surface area contributed by atoms with Gasteiger partial charge in [0.1, 0.15) is 0 Å². The van der Waals surface area contributed by atoms with Gasteiger partial charge in [0.15, 0.2) is 0 Å². The predicted octanol–water partition coefficient (Wildman–Crippen LogP) is 3.09. The van der Waals surface area contributed by atoms with Crippen LogP contribution in [0, 0.1) is 11.8 Å². The topological polar surface area (TPSA) is 30.5 Å². The first kappa shape index (κ1) is 17.9. The lowest BCUT2D eigenvalue weighted by molar-refractivity contribution is 0.0916. The van der Waals surface area contributed by atoms with Gasteiger partial charge in [0.2, 0.25) is 0 Å². The average Bonchev–Trinajstić information content (AvgIpc) is 2.33. The van der Waals surface area contributed by atoms with E-state index < -0.39 is 0 Å². The van der Waals surface area contributed by atoms with Crippen LogP contribution in [0.5, 0.6) is 0 Å². The second-order valence-corrected chi connectivity index (χ2v) is 5.45. The first-order valence-electron chi connectivity index (χ1n) is 7.48. The van der Waals surface area contributed by atoms with Gasteiger partial charge in [-0.1, -0.05) is 20.8 Å². The summed E-state index contributed by atoms with van der Waals surface area (Å²) in [6.07, 6.45) is 4.67. The molecule has 0 amide bonds. The Bertz CT molecular complexity index is 163. The standard InChI is InChI=1S/C15H33NO2/c1-5-8-16-13-15(12-14(2)3)7-11-18-10-6-9-17-4/h14-16H,5-13H2,1-4H3. The van der Waals surface area contributed by atoms with Gasteiger partial charge < -0.3 is 14.8 Å². The summed E-state index contributed by atoms with van der Waals surface area (Å²) in [5.41, 5.74) is 0. The molecule has 1 atom stereocenters. The van der Waals surface area contributed by atoms with Crippen LogP contribution in [-0.4, -0.2) is 40.0 Å². The first-order valence-corrected chi connectivity index (χ1v) is 7.48. The van der Waals surface area contributed by atoms with Gasteiger partial charge in [-0.25, -0.2) is 0 Å². The van der Waals surface area contributed by atoms with Crippen molar-refractivity contribution in [2.75, 3.05) is 40.0 Å². The monoisotopic (exact) mass is 259 g/mol. The molecule has 0 bridgehead atoms. The van der Waals surface area contributed by atoms with Crippen LogP contribution in [-0.2, 0) is 9.47 Å². The summed E-state index contributed by atoms with van der Waals surface area (Å²) in [6.45, 7) is 11.6. The van der Waals surface area contributed by atoms with Gasteiger partial charge in [-0.2, -0.15) is 0 Å². The largest absolute Gasteiger partial charge is 0.385 e. The maximum atomic E-state index is 5.65. The van der Waals surface area contributed by atoms with Gasteiger partial charge >= 0.3 is 0 Å². The molecular weight excluding hydrogens is 226 g/mol. The molecule has 0 aliphatic rings. The molecule has 0 rings (SSSR count). The molecule has 0 saturated carbocycles. The van der Waals surface area contributed by atoms with Crippen LogP contribution in [0.2, 0.25) is 0 Å². The molecule has 0 radical (unpaired) electrons. The summed E-state index contributed by atoms with van der Waals surface area (Å²) in [7, 11) is 1.73. The molecule has 3 nitrogen and oxygen atoms in total. The summed E-state index contributed by atoms with van der Waals surface area (Å²) >= 11 is 0. The highest BCUT2D eigenvalue weighted by atomic mass is 16.5. The Kier molecular flexibility index (Phi) is 13.2. The van der Waals surface area contributed by atoms with Crippen LogP contribution < -0.4 is 5.32 Å². The van der Waals surface area contributed by atoms with Crippen molar-refractivity contribution < 1.29 is 9.47 Å². The molecule has 1 N–H and O–H groups in total. The van der Waals surface area contributed by atoms with Gasteiger partial charge in [0, 0.05) is 26.9 Å². The van der Waals surface area contributed by atoms with E-state index in [9.17, 15) is 0 Å². The highest BCUT2D eigenvalue weighted by Crippen LogP contribution is 2.14. The minimum atomic E-state index is 0.749. The minimum Gasteiger partial charge on any atom is -0.385 e. The number of rotatable bonds is 13. The van der Waals surface area contributed by atoms with Crippen LogP contribution >= 0.6 is 0 Å². The number of hydrogen-bond acceptors (Lipinski definition) is 3. The van der Waals surface area contributed by atoms with E-state index in [0.29, 0.717) is 0 Å². The van der Waals surface area contributed by atoms with Crippen LogP contribution in [0.4, 0.5) is 0 Å². The summed E-state index contributed by atoms with van der Waals surface area (Å²) < 4.78 is 10.6. The molecule has 110 valence electrons. The molecule has 0 aliphatic carbocycles. The molecule has 0 spiro atoms. The lowest BCUT2D eigenvalue weighted by Crippen LogP contribution is -2.25. The average molecular weight is 259 g/mol. The molecule has 0 aromatic heterocycles. The zero-order chi connectivity index (χ0) is 13.6. The van der Waals surface area contributed by atoms with Crippen molar-refractivity contribution in [3.8, 4) is 0 Å². The lowest BCUT2D eigenvalue weighted by atomic mass is 9.94. The second kappa shape index (κ2) is 13.3. The van der Waals surface area contributed by atoms with Crippen LogP contribution in [0.15, 0.2) is 0 Å². The third kappa shape index (κ3) is 12.3. The van der Waals surface area contributed by atoms with Crippen LogP contribution in [0.1, 0.15) is 46.5 Å². The van der Waals surface area contributed by atoms with E-state index in [0.717, 1.165) is 51.2 Å². The molecule has 0 aromatic carbocycles. The number of nitrogens with one attached hydrogen (secondary N) is 1. The van der Waals surface area contributed by atoms with E-state index in [4.69, 9.17) is 9.47 Å². The van der Waals surface area contributed by atoms with Crippen molar-refractivity contribution in [1.82, 2.24) is 5.32 Å². The van der Waals surface area contributed by atoms with Gasteiger partial charge in [-0.15, -0.1) is 0 Å². The van der Waals surface area contributed by atoms with Crippen molar-refractivity contribution in [2.45, 2.75) is 46.5 Å². The Balaban J connectivity index is 3.58. The fourth-order valence-corrected chi connectivity index (χ4v) is 2.11. The fraction of sp³-hybridized carbons (Fsp3) is 1.00. The zero-order valence-electron chi connectivity index (χ0n) is 12.8. The molecule has 0 fully saturated rings. The minimum absolute atomic E-state index is 0.749. The number of methoxy groups -OCH3 is 1. The molecule has 1 unspecified atom stereocenters. The summed E-state index contributed by atoms with van der Waals surface area (Å²) in [6, 6.07) is 0. The van der Waals surface area contributed by atoms with Crippen molar-refractivity contribution >= 4 is 0 Å². The Hall–Kier alpha value is -0.120. The van der Waals surface area contributed by atoms with E-state index in [-0.39, 0.29) is 0 Å². The quantitative estimate of drug-likeness (QED) is 0.516. The van der Waals surface area contributed by atoms with Crippen molar-refractivity contribution in [3.63, 3.8) is 0 Å². The molecular formula is C15H33NO2. The van der Waals surface area contributed by atoms with Crippen LogP contribution in [0.3, 0.4) is 0 Å². The van der Waals surface area contributed by atoms with E-state index in [2.05, 4.69) is 26.1 Å². The molecule has 3 heteroatoms. The summed E-state index contributed by atoms with van der Waals surface area (Å²) in [5, 5.41) is 3.53. The number of ether oxygens (including phenoxy) is 2. The van der Waals surface area contributed by atoms with E-state index in [1.54, 1.807) is 7.11 Å². The lowest BCUT2D eigenvalue weighted by Gasteiger charge is -2.19. The molecule has 18 heavy (non-hydrogen) atoms. The molecule has 0 heterocycles. The van der Waals surface area contributed by atoms with Crippen molar-refractivity contribution in [2.24, 2.45) is 11.8 Å². The predicted molar refractivity (Wildman–Crippen MR) is 78.0 cm³/mol.